The maximum atomic E-state index is 13.2. The summed E-state index contributed by atoms with van der Waals surface area (Å²) in [6.07, 6.45) is 0.514. The van der Waals surface area contributed by atoms with Gasteiger partial charge in [-0.25, -0.2) is 17.8 Å². The van der Waals surface area contributed by atoms with Gasteiger partial charge in [0, 0.05) is 24.9 Å². The number of guanidine groups is 1. The number of halogens is 1. The molecule has 0 fully saturated rings. The normalized spacial score (nSPS) is 13.4. The van der Waals surface area contributed by atoms with Gasteiger partial charge in [0.25, 0.3) is 0 Å². The summed E-state index contributed by atoms with van der Waals surface area (Å²) in [4.78, 5) is 4.43. The van der Waals surface area contributed by atoms with Crippen LogP contribution in [0.5, 0.6) is 5.75 Å². The van der Waals surface area contributed by atoms with Crippen molar-refractivity contribution in [2.45, 2.75) is 33.3 Å². The monoisotopic (exact) mass is 373 g/mol. The Morgan fingerprint density at radius 3 is 2.64 bits per heavy atom. The van der Waals surface area contributed by atoms with Gasteiger partial charge in [-0.2, -0.15) is 0 Å². The molecule has 6 nitrogen and oxygen atoms in total. The van der Waals surface area contributed by atoms with Crippen LogP contribution in [-0.2, 0) is 9.84 Å². The first-order valence-corrected chi connectivity index (χ1v) is 10.4. The minimum Gasteiger partial charge on any atom is -0.488 e. The maximum Gasteiger partial charge on any atom is 0.191 e. The zero-order valence-electron chi connectivity index (χ0n) is 15.1. The van der Waals surface area contributed by atoms with Crippen LogP contribution in [0.25, 0.3) is 0 Å². The Kier molecular flexibility index (Phi) is 9.26. The van der Waals surface area contributed by atoms with Crippen LogP contribution in [0, 0.1) is 5.82 Å². The molecule has 8 heteroatoms. The predicted octanol–water partition coefficient (Wildman–Crippen LogP) is 1.97. The molecular formula is C17H28FN3O3S. The van der Waals surface area contributed by atoms with Gasteiger partial charge in [0.15, 0.2) is 15.8 Å². The molecule has 142 valence electrons. The van der Waals surface area contributed by atoms with Gasteiger partial charge in [-0.05, 0) is 25.5 Å². The van der Waals surface area contributed by atoms with Gasteiger partial charge in [0.1, 0.15) is 17.7 Å². The Morgan fingerprint density at radius 1 is 1.28 bits per heavy atom. The number of hydrogen-bond donors (Lipinski definition) is 2. The third-order valence-electron chi connectivity index (χ3n) is 3.50. The summed E-state index contributed by atoms with van der Waals surface area (Å²) in [7, 11) is -3.02. The molecule has 2 N–H and O–H groups in total. The van der Waals surface area contributed by atoms with Crippen molar-refractivity contribution in [2.24, 2.45) is 4.99 Å². The van der Waals surface area contributed by atoms with E-state index in [-0.39, 0.29) is 23.4 Å². The summed E-state index contributed by atoms with van der Waals surface area (Å²) in [6, 6.07) is 6.00. The van der Waals surface area contributed by atoms with E-state index in [0.717, 1.165) is 0 Å². The van der Waals surface area contributed by atoms with E-state index >= 15 is 0 Å². The van der Waals surface area contributed by atoms with E-state index in [4.69, 9.17) is 4.74 Å². The van der Waals surface area contributed by atoms with Crippen LogP contribution in [-0.4, -0.2) is 51.6 Å². The summed E-state index contributed by atoms with van der Waals surface area (Å²) in [5.74, 6) is 0.847. The SMILES string of the molecule is CCNC(=NCC(CC)Oc1cccc(F)c1)NCCS(=O)(=O)CC. The highest BCUT2D eigenvalue weighted by Crippen LogP contribution is 2.15. The maximum absolute atomic E-state index is 13.2. The fraction of sp³-hybridized carbons (Fsp3) is 0.588. The molecule has 0 saturated heterocycles. The van der Waals surface area contributed by atoms with Gasteiger partial charge in [0.2, 0.25) is 0 Å². The quantitative estimate of drug-likeness (QED) is 0.484. The molecule has 0 aromatic heterocycles. The summed E-state index contributed by atoms with van der Waals surface area (Å²) in [5.41, 5.74) is 0. The second kappa shape index (κ2) is 10.9. The van der Waals surface area contributed by atoms with Crippen molar-refractivity contribution in [2.75, 3.05) is 31.1 Å². The van der Waals surface area contributed by atoms with Gasteiger partial charge in [-0.3, -0.25) is 0 Å². The lowest BCUT2D eigenvalue weighted by molar-refractivity contribution is 0.205. The third-order valence-corrected chi connectivity index (χ3v) is 5.20. The van der Waals surface area contributed by atoms with Gasteiger partial charge in [0.05, 0.1) is 12.3 Å². The van der Waals surface area contributed by atoms with Gasteiger partial charge >= 0.3 is 0 Å². The Balaban J connectivity index is 2.60. The Hall–Kier alpha value is -1.83. The van der Waals surface area contributed by atoms with E-state index < -0.39 is 9.84 Å². The van der Waals surface area contributed by atoms with Crippen molar-refractivity contribution < 1.29 is 17.5 Å². The lowest BCUT2D eigenvalue weighted by atomic mass is 10.2. The summed E-state index contributed by atoms with van der Waals surface area (Å²) < 4.78 is 42.0. The van der Waals surface area contributed by atoms with Crippen molar-refractivity contribution >= 4 is 15.8 Å². The fourth-order valence-corrected chi connectivity index (χ4v) is 2.69. The van der Waals surface area contributed by atoms with Gasteiger partial charge < -0.3 is 15.4 Å². The summed E-state index contributed by atoms with van der Waals surface area (Å²) >= 11 is 0. The topological polar surface area (TPSA) is 79.8 Å². The highest BCUT2D eigenvalue weighted by atomic mass is 32.2. The molecule has 0 amide bonds. The molecule has 0 aliphatic carbocycles. The molecule has 0 radical (unpaired) electrons. The molecule has 0 aliphatic heterocycles. The van der Waals surface area contributed by atoms with Crippen LogP contribution in [0.4, 0.5) is 4.39 Å². The molecule has 25 heavy (non-hydrogen) atoms. The second-order valence-corrected chi connectivity index (χ2v) is 7.96. The van der Waals surface area contributed by atoms with Crippen LogP contribution in [0.15, 0.2) is 29.3 Å². The van der Waals surface area contributed by atoms with E-state index in [0.29, 0.717) is 37.8 Å². The molecule has 0 aliphatic rings. The second-order valence-electron chi connectivity index (χ2n) is 5.49. The first-order chi connectivity index (χ1) is 11.9. The lowest BCUT2D eigenvalue weighted by Gasteiger charge is -2.17. The molecule has 0 saturated carbocycles. The number of sulfone groups is 1. The van der Waals surface area contributed by atoms with Crippen molar-refractivity contribution in [1.82, 2.24) is 10.6 Å². The molecule has 1 aromatic carbocycles. The molecule has 1 rings (SSSR count). The smallest absolute Gasteiger partial charge is 0.191 e. The Labute approximate surface area is 149 Å². The van der Waals surface area contributed by atoms with E-state index in [1.807, 2.05) is 13.8 Å². The number of rotatable bonds is 10. The molecular weight excluding hydrogens is 345 g/mol. The van der Waals surface area contributed by atoms with Crippen LogP contribution >= 0.6 is 0 Å². The zero-order valence-corrected chi connectivity index (χ0v) is 15.9. The first-order valence-electron chi connectivity index (χ1n) is 8.55. The minimum atomic E-state index is -3.02. The number of nitrogens with zero attached hydrogens (tertiary/aromatic N) is 1. The average Bonchev–Trinajstić information content (AvgIpc) is 2.58. The molecule has 0 heterocycles. The van der Waals surface area contributed by atoms with Crippen LogP contribution in [0.1, 0.15) is 27.2 Å². The summed E-state index contributed by atoms with van der Waals surface area (Å²) in [6.45, 7) is 6.86. The average molecular weight is 373 g/mol. The number of benzene rings is 1. The highest BCUT2D eigenvalue weighted by molar-refractivity contribution is 7.91. The summed E-state index contributed by atoms with van der Waals surface area (Å²) in [5, 5.41) is 6.08. The first kappa shape index (κ1) is 21.2. The third kappa shape index (κ3) is 8.72. The number of ether oxygens (including phenoxy) is 1. The lowest BCUT2D eigenvalue weighted by Crippen LogP contribution is -2.40. The largest absolute Gasteiger partial charge is 0.488 e. The molecule has 0 spiro atoms. The van der Waals surface area contributed by atoms with Crippen molar-refractivity contribution in [3.63, 3.8) is 0 Å². The molecule has 1 aromatic rings. The van der Waals surface area contributed by atoms with Crippen molar-refractivity contribution in [3.8, 4) is 5.75 Å². The number of nitrogens with one attached hydrogen (secondary N) is 2. The highest BCUT2D eigenvalue weighted by Gasteiger charge is 2.10. The van der Waals surface area contributed by atoms with Crippen LogP contribution < -0.4 is 15.4 Å². The Morgan fingerprint density at radius 2 is 2.04 bits per heavy atom. The zero-order chi connectivity index (χ0) is 18.7. The van der Waals surface area contributed by atoms with E-state index in [1.165, 1.54) is 12.1 Å². The van der Waals surface area contributed by atoms with Gasteiger partial charge in [-0.1, -0.05) is 19.9 Å². The van der Waals surface area contributed by atoms with Crippen LogP contribution in [0.2, 0.25) is 0 Å². The minimum absolute atomic E-state index is 0.0604. The fourth-order valence-electron chi connectivity index (χ4n) is 1.99. The van der Waals surface area contributed by atoms with Gasteiger partial charge in [-0.15, -0.1) is 0 Å². The van der Waals surface area contributed by atoms with E-state index in [9.17, 15) is 12.8 Å². The van der Waals surface area contributed by atoms with Crippen molar-refractivity contribution in [1.29, 1.82) is 0 Å². The van der Waals surface area contributed by atoms with Crippen molar-refractivity contribution in [3.05, 3.63) is 30.1 Å². The Bertz CT molecular complexity index is 650. The van der Waals surface area contributed by atoms with E-state index in [1.54, 1.807) is 19.1 Å². The van der Waals surface area contributed by atoms with Crippen LogP contribution in [0.3, 0.4) is 0 Å². The molecule has 0 bridgehead atoms. The number of hydrogen-bond acceptors (Lipinski definition) is 4. The molecule has 1 atom stereocenters. The van der Waals surface area contributed by atoms with E-state index in [2.05, 4.69) is 15.6 Å². The number of aliphatic imine (C=N–C) groups is 1. The molecule has 1 unspecified atom stereocenters. The standard InChI is InChI=1S/C17H28FN3O3S/c1-4-15(24-16-9-7-8-14(18)12-16)13-21-17(19-5-2)20-10-11-25(22,23)6-3/h7-9,12,15H,4-6,10-11,13H2,1-3H3,(H2,19,20,21). The predicted molar refractivity (Wildman–Crippen MR) is 99.4 cm³/mol.